The third-order valence-corrected chi connectivity index (χ3v) is 5.19. The number of nitrogens with zero attached hydrogens (tertiary/aromatic N) is 1. The molecule has 2 N–H and O–H groups in total. The van der Waals surface area contributed by atoms with Crippen LogP contribution in [0.5, 0.6) is 0 Å². The number of nitrogens with one attached hydrogen (secondary N) is 1. The predicted octanol–water partition coefficient (Wildman–Crippen LogP) is 1.15. The molecule has 2 fully saturated rings. The van der Waals surface area contributed by atoms with Crippen LogP contribution in [0.1, 0.15) is 53.4 Å². The van der Waals surface area contributed by atoms with Crippen LogP contribution < -0.4 is 5.32 Å². The molecule has 25 heavy (non-hydrogen) atoms. The van der Waals surface area contributed by atoms with Gasteiger partial charge in [0.1, 0.15) is 6.10 Å². The fraction of sp³-hybridized carbons (Fsp3) is 0.895. The molecule has 2 saturated heterocycles. The zero-order valence-corrected chi connectivity index (χ0v) is 16.1. The Morgan fingerprint density at radius 2 is 1.88 bits per heavy atom. The standard InChI is InChI=1S/C19H34N2O4/c1-13(22)16-17(24)18(19(2,3)4)25-11-6-5-9-21-10-7-8-14(21)15(23)12-20-16/h13-14,16,18,20,22H,5-12H2,1-4H3/t13-,14-,16-,18?/m0/s1. The van der Waals surface area contributed by atoms with Crippen LogP contribution in [-0.2, 0) is 14.3 Å². The Morgan fingerprint density at radius 1 is 1.20 bits per heavy atom. The highest BCUT2D eigenvalue weighted by molar-refractivity contribution is 5.91. The lowest BCUT2D eigenvalue weighted by Gasteiger charge is -2.33. The van der Waals surface area contributed by atoms with Crippen molar-refractivity contribution in [2.45, 2.75) is 77.7 Å². The number of hydrogen-bond donors (Lipinski definition) is 2. The highest BCUT2D eigenvalue weighted by atomic mass is 16.5. The molecular weight excluding hydrogens is 320 g/mol. The number of carbonyl (C=O) groups excluding carboxylic acids is 2. The second-order valence-corrected chi connectivity index (χ2v) is 8.49. The summed E-state index contributed by atoms with van der Waals surface area (Å²) in [6, 6.07) is -0.846. The number of Topliss-reactive ketones (excluding diaryl/α,β-unsaturated/α-hetero) is 2. The summed E-state index contributed by atoms with van der Waals surface area (Å²) in [4.78, 5) is 27.9. The van der Waals surface area contributed by atoms with Crippen molar-refractivity contribution in [1.82, 2.24) is 10.2 Å². The molecule has 0 aromatic rings. The summed E-state index contributed by atoms with van der Waals surface area (Å²) in [6.45, 7) is 9.97. The average Bonchev–Trinajstić information content (AvgIpc) is 2.96. The van der Waals surface area contributed by atoms with Gasteiger partial charge in [-0.15, -0.1) is 0 Å². The zero-order valence-electron chi connectivity index (χ0n) is 16.1. The van der Waals surface area contributed by atoms with Crippen molar-refractivity contribution < 1.29 is 19.4 Å². The lowest BCUT2D eigenvalue weighted by molar-refractivity contribution is -0.142. The summed E-state index contributed by atoms with van der Waals surface area (Å²) in [7, 11) is 0. The number of hydrogen-bond acceptors (Lipinski definition) is 6. The van der Waals surface area contributed by atoms with Crippen LogP contribution in [0.15, 0.2) is 0 Å². The average molecular weight is 354 g/mol. The molecule has 0 saturated carbocycles. The maximum Gasteiger partial charge on any atom is 0.181 e. The molecule has 0 amide bonds. The van der Waals surface area contributed by atoms with Gasteiger partial charge in [0.15, 0.2) is 11.6 Å². The second-order valence-electron chi connectivity index (χ2n) is 8.49. The van der Waals surface area contributed by atoms with E-state index in [4.69, 9.17) is 4.74 Å². The van der Waals surface area contributed by atoms with Gasteiger partial charge in [-0.2, -0.15) is 0 Å². The van der Waals surface area contributed by atoms with Gasteiger partial charge in [0, 0.05) is 6.61 Å². The number of rotatable bonds is 1. The van der Waals surface area contributed by atoms with Gasteiger partial charge < -0.3 is 9.84 Å². The molecule has 0 bridgehead atoms. The van der Waals surface area contributed by atoms with E-state index >= 15 is 0 Å². The van der Waals surface area contributed by atoms with Crippen molar-refractivity contribution >= 4 is 11.6 Å². The first kappa shape index (κ1) is 20.5. The highest BCUT2D eigenvalue weighted by Crippen LogP contribution is 2.26. The summed E-state index contributed by atoms with van der Waals surface area (Å²) >= 11 is 0. The molecule has 2 aliphatic rings. The van der Waals surface area contributed by atoms with Gasteiger partial charge in [0.05, 0.1) is 24.7 Å². The van der Waals surface area contributed by atoms with E-state index in [0.29, 0.717) is 6.61 Å². The molecule has 0 aliphatic carbocycles. The maximum absolute atomic E-state index is 13.0. The normalized spacial score (nSPS) is 32.4. The first-order valence-electron chi connectivity index (χ1n) is 9.55. The van der Waals surface area contributed by atoms with Gasteiger partial charge in [-0.3, -0.25) is 19.8 Å². The Balaban J connectivity index is 2.19. The number of ether oxygens (including phenoxy) is 1. The smallest absolute Gasteiger partial charge is 0.181 e. The maximum atomic E-state index is 13.0. The zero-order chi connectivity index (χ0) is 18.6. The van der Waals surface area contributed by atoms with E-state index in [1.54, 1.807) is 6.92 Å². The molecule has 2 heterocycles. The van der Waals surface area contributed by atoms with Crippen molar-refractivity contribution in [1.29, 1.82) is 0 Å². The van der Waals surface area contributed by atoms with Crippen molar-refractivity contribution in [2.24, 2.45) is 5.41 Å². The summed E-state index contributed by atoms with van der Waals surface area (Å²) in [6.07, 6.45) is 2.27. The fourth-order valence-corrected chi connectivity index (χ4v) is 3.84. The van der Waals surface area contributed by atoms with E-state index in [1.807, 2.05) is 20.8 Å². The van der Waals surface area contributed by atoms with Crippen molar-refractivity contribution in [2.75, 3.05) is 26.2 Å². The lowest BCUT2D eigenvalue weighted by Crippen LogP contribution is -2.55. The van der Waals surface area contributed by atoms with Crippen molar-refractivity contribution in [3.8, 4) is 0 Å². The molecule has 0 spiro atoms. The molecule has 2 aliphatic heterocycles. The molecule has 0 aromatic carbocycles. The van der Waals surface area contributed by atoms with E-state index in [-0.39, 0.29) is 29.6 Å². The van der Waals surface area contributed by atoms with Crippen molar-refractivity contribution in [3.05, 3.63) is 0 Å². The summed E-state index contributed by atoms with van der Waals surface area (Å²) in [5.41, 5.74) is -0.365. The Morgan fingerprint density at radius 3 is 2.52 bits per heavy atom. The van der Waals surface area contributed by atoms with Crippen LogP contribution in [-0.4, -0.2) is 72.1 Å². The Hall–Kier alpha value is -0.820. The summed E-state index contributed by atoms with van der Waals surface area (Å²) in [5.74, 6) is -0.0544. The molecule has 0 aromatic heterocycles. The Bertz CT molecular complexity index is 473. The quantitative estimate of drug-likeness (QED) is 0.736. The third kappa shape index (κ3) is 5.33. The van der Waals surface area contributed by atoms with Crippen LogP contribution in [0.25, 0.3) is 0 Å². The Labute approximate surface area is 151 Å². The largest absolute Gasteiger partial charge is 0.391 e. The van der Waals surface area contributed by atoms with E-state index in [2.05, 4.69) is 10.2 Å². The van der Waals surface area contributed by atoms with Gasteiger partial charge in [-0.1, -0.05) is 20.8 Å². The second kappa shape index (κ2) is 8.71. The van der Waals surface area contributed by atoms with Gasteiger partial charge in [-0.05, 0) is 51.1 Å². The van der Waals surface area contributed by atoms with E-state index in [1.165, 1.54) is 0 Å². The van der Waals surface area contributed by atoms with Crippen LogP contribution in [0, 0.1) is 5.41 Å². The number of carbonyl (C=O) groups is 2. The molecular formula is C19H34N2O4. The van der Waals surface area contributed by atoms with Gasteiger partial charge in [-0.25, -0.2) is 0 Å². The topological polar surface area (TPSA) is 78.9 Å². The van der Waals surface area contributed by atoms with Gasteiger partial charge in [0.25, 0.3) is 0 Å². The third-order valence-electron chi connectivity index (χ3n) is 5.19. The molecule has 6 nitrogen and oxygen atoms in total. The summed E-state index contributed by atoms with van der Waals surface area (Å²) < 4.78 is 5.95. The number of aliphatic hydroxyl groups is 1. The lowest BCUT2D eigenvalue weighted by atomic mass is 9.83. The van der Waals surface area contributed by atoms with E-state index < -0.39 is 18.2 Å². The number of ketones is 2. The molecule has 1 unspecified atom stereocenters. The predicted molar refractivity (Wildman–Crippen MR) is 96.5 cm³/mol. The van der Waals surface area contributed by atoms with Crippen LogP contribution in [0.4, 0.5) is 0 Å². The minimum absolute atomic E-state index is 0.0580. The van der Waals surface area contributed by atoms with Crippen LogP contribution in [0.2, 0.25) is 0 Å². The first-order valence-corrected chi connectivity index (χ1v) is 9.55. The molecule has 4 atom stereocenters. The highest BCUT2D eigenvalue weighted by Gasteiger charge is 2.39. The monoisotopic (exact) mass is 354 g/mol. The molecule has 144 valence electrons. The molecule has 2 rings (SSSR count). The SMILES string of the molecule is C[C@H](O)[C@@H]1NCC(=O)[C@@H]2CCCN2CCCCOC(C(C)(C)C)C1=O. The Kier molecular flexibility index (Phi) is 7.14. The molecule has 6 heteroatoms. The summed E-state index contributed by atoms with van der Waals surface area (Å²) in [5, 5.41) is 13.1. The fourth-order valence-electron chi connectivity index (χ4n) is 3.84. The first-order chi connectivity index (χ1) is 11.7. The van der Waals surface area contributed by atoms with Crippen LogP contribution >= 0.6 is 0 Å². The van der Waals surface area contributed by atoms with Gasteiger partial charge >= 0.3 is 0 Å². The van der Waals surface area contributed by atoms with Crippen molar-refractivity contribution in [3.63, 3.8) is 0 Å². The minimum atomic E-state index is -0.876. The van der Waals surface area contributed by atoms with E-state index in [9.17, 15) is 14.7 Å². The number of fused-ring (bicyclic) bond motifs is 1. The van der Waals surface area contributed by atoms with E-state index in [0.717, 1.165) is 38.8 Å². The van der Waals surface area contributed by atoms with Crippen LogP contribution in [0.3, 0.4) is 0 Å². The van der Waals surface area contributed by atoms with Gasteiger partial charge in [0.2, 0.25) is 0 Å². The molecule has 0 radical (unpaired) electrons. The minimum Gasteiger partial charge on any atom is -0.391 e. The number of aliphatic hydroxyl groups excluding tert-OH is 1.